The molecule has 0 atom stereocenters. The summed E-state index contributed by atoms with van der Waals surface area (Å²) in [5, 5.41) is 6.16. The van der Waals surface area contributed by atoms with Gasteiger partial charge in [0.05, 0.1) is 0 Å². The Morgan fingerprint density at radius 3 is 2.50 bits per heavy atom. The van der Waals surface area contributed by atoms with Crippen molar-refractivity contribution in [3.8, 4) is 0 Å². The maximum atomic E-state index is 12.5. The molecule has 0 saturated carbocycles. The number of rotatable bonds is 6. The zero-order valence-corrected chi connectivity index (χ0v) is 15.1. The van der Waals surface area contributed by atoms with Crippen LogP contribution in [0.15, 0.2) is 24.3 Å². The van der Waals surface area contributed by atoms with Crippen molar-refractivity contribution < 1.29 is 4.79 Å². The molecule has 0 saturated heterocycles. The molecule has 0 bridgehead atoms. The average molecular weight is 326 g/mol. The first-order valence-corrected chi connectivity index (χ1v) is 8.33. The van der Waals surface area contributed by atoms with Gasteiger partial charge in [-0.25, -0.2) is 9.97 Å². The number of hydrogen-bond donors (Lipinski definition) is 2. The Labute approximate surface area is 143 Å². The fourth-order valence-corrected chi connectivity index (χ4v) is 2.28. The van der Waals surface area contributed by atoms with Gasteiger partial charge in [0.2, 0.25) is 0 Å². The van der Waals surface area contributed by atoms with Gasteiger partial charge in [-0.3, -0.25) is 4.79 Å². The summed E-state index contributed by atoms with van der Waals surface area (Å²) in [5.41, 5.74) is 3.48. The molecule has 0 spiro atoms. The number of hydrogen-bond acceptors (Lipinski definition) is 4. The lowest BCUT2D eigenvalue weighted by Crippen LogP contribution is -2.16. The van der Waals surface area contributed by atoms with Crippen LogP contribution in [0.4, 0.5) is 11.5 Å². The molecule has 0 aliphatic carbocycles. The van der Waals surface area contributed by atoms with Crippen LogP contribution >= 0.6 is 0 Å². The second kappa shape index (κ2) is 7.90. The van der Waals surface area contributed by atoms with Gasteiger partial charge in [0.25, 0.3) is 5.91 Å². The molecular formula is C19H26N4O. The molecule has 5 nitrogen and oxygen atoms in total. The Kier molecular flexibility index (Phi) is 5.90. The SMILES string of the molecule is Cc1nc(NCCC(C)C)cc(C(=O)Nc2ccc(C)c(C)c2)n1. The predicted octanol–water partition coefficient (Wildman–Crippen LogP) is 4.11. The van der Waals surface area contributed by atoms with Gasteiger partial charge in [-0.1, -0.05) is 19.9 Å². The molecule has 2 aromatic rings. The molecule has 2 rings (SSSR count). The van der Waals surface area contributed by atoms with Gasteiger partial charge < -0.3 is 10.6 Å². The standard InChI is InChI=1S/C19H26N4O/c1-12(2)8-9-20-18-11-17(21-15(5)22-18)19(24)23-16-7-6-13(3)14(4)10-16/h6-7,10-12H,8-9H2,1-5H3,(H,23,24)(H,20,21,22). The highest BCUT2D eigenvalue weighted by molar-refractivity contribution is 6.03. The first kappa shape index (κ1) is 17.9. The lowest BCUT2D eigenvalue weighted by atomic mass is 10.1. The predicted molar refractivity (Wildman–Crippen MR) is 98.6 cm³/mol. The first-order chi connectivity index (χ1) is 11.3. The van der Waals surface area contributed by atoms with Crippen molar-refractivity contribution in [3.05, 3.63) is 46.9 Å². The van der Waals surface area contributed by atoms with Gasteiger partial charge in [-0.2, -0.15) is 0 Å². The summed E-state index contributed by atoms with van der Waals surface area (Å²) in [5.74, 6) is 1.66. The molecule has 2 N–H and O–H groups in total. The lowest BCUT2D eigenvalue weighted by Gasteiger charge is -2.11. The highest BCUT2D eigenvalue weighted by atomic mass is 16.1. The van der Waals surface area contributed by atoms with Crippen molar-refractivity contribution in [2.75, 3.05) is 17.2 Å². The van der Waals surface area contributed by atoms with Gasteiger partial charge >= 0.3 is 0 Å². The number of nitrogens with one attached hydrogen (secondary N) is 2. The second-order valence-electron chi connectivity index (χ2n) is 6.55. The van der Waals surface area contributed by atoms with E-state index in [1.807, 2.05) is 32.0 Å². The molecule has 0 aliphatic heterocycles. The van der Waals surface area contributed by atoms with Crippen LogP contribution < -0.4 is 10.6 Å². The molecule has 128 valence electrons. The fourth-order valence-electron chi connectivity index (χ4n) is 2.28. The second-order valence-corrected chi connectivity index (χ2v) is 6.55. The normalized spacial score (nSPS) is 10.8. The summed E-state index contributed by atoms with van der Waals surface area (Å²) in [6.07, 6.45) is 1.05. The van der Waals surface area contributed by atoms with Crippen LogP contribution in [0.2, 0.25) is 0 Å². The Morgan fingerprint density at radius 1 is 1.08 bits per heavy atom. The summed E-state index contributed by atoms with van der Waals surface area (Å²) in [6.45, 7) is 11.0. The Balaban J connectivity index is 2.10. The molecule has 0 fully saturated rings. The molecule has 0 unspecified atom stereocenters. The average Bonchev–Trinajstić information content (AvgIpc) is 2.50. The molecule has 1 aromatic heterocycles. The maximum Gasteiger partial charge on any atom is 0.274 e. The van der Waals surface area contributed by atoms with Gasteiger partial charge in [-0.15, -0.1) is 0 Å². The van der Waals surface area contributed by atoms with E-state index in [9.17, 15) is 4.79 Å². The molecule has 24 heavy (non-hydrogen) atoms. The largest absolute Gasteiger partial charge is 0.370 e. The topological polar surface area (TPSA) is 66.9 Å². The van der Waals surface area contributed by atoms with Crippen molar-refractivity contribution >= 4 is 17.4 Å². The Hall–Kier alpha value is -2.43. The van der Waals surface area contributed by atoms with Gasteiger partial charge in [-0.05, 0) is 56.4 Å². The van der Waals surface area contributed by atoms with E-state index in [1.54, 1.807) is 13.0 Å². The number of amides is 1. The number of nitrogens with zero attached hydrogens (tertiary/aromatic N) is 2. The first-order valence-electron chi connectivity index (χ1n) is 8.33. The third-order valence-electron chi connectivity index (χ3n) is 3.86. The molecule has 0 radical (unpaired) electrons. The van der Waals surface area contributed by atoms with Crippen LogP contribution in [0.25, 0.3) is 0 Å². The molecule has 1 amide bonds. The van der Waals surface area contributed by atoms with E-state index in [0.29, 0.717) is 23.3 Å². The minimum absolute atomic E-state index is 0.226. The number of anilines is 2. The van der Waals surface area contributed by atoms with Crippen molar-refractivity contribution in [1.29, 1.82) is 0 Å². The van der Waals surface area contributed by atoms with Gasteiger partial charge in [0, 0.05) is 18.3 Å². The smallest absolute Gasteiger partial charge is 0.274 e. The van der Waals surface area contributed by atoms with E-state index in [0.717, 1.165) is 24.2 Å². The van der Waals surface area contributed by atoms with E-state index in [1.165, 1.54) is 5.56 Å². The summed E-state index contributed by atoms with van der Waals surface area (Å²) in [4.78, 5) is 21.1. The molecule has 0 aliphatic rings. The fraction of sp³-hybridized carbons (Fsp3) is 0.421. The van der Waals surface area contributed by atoms with Crippen molar-refractivity contribution in [2.24, 2.45) is 5.92 Å². The summed E-state index contributed by atoms with van der Waals surface area (Å²) in [7, 11) is 0. The summed E-state index contributed by atoms with van der Waals surface area (Å²) < 4.78 is 0. The quantitative estimate of drug-likeness (QED) is 0.838. The summed E-state index contributed by atoms with van der Waals surface area (Å²) >= 11 is 0. The molecular weight excluding hydrogens is 300 g/mol. The number of aromatic nitrogens is 2. The lowest BCUT2D eigenvalue weighted by molar-refractivity contribution is 0.102. The van der Waals surface area contributed by atoms with Crippen LogP contribution in [-0.4, -0.2) is 22.4 Å². The van der Waals surface area contributed by atoms with Crippen molar-refractivity contribution in [3.63, 3.8) is 0 Å². The zero-order chi connectivity index (χ0) is 17.7. The minimum Gasteiger partial charge on any atom is -0.370 e. The monoisotopic (exact) mass is 326 g/mol. The molecule has 1 heterocycles. The molecule has 1 aromatic carbocycles. The van der Waals surface area contributed by atoms with Gasteiger partial charge in [0.1, 0.15) is 17.3 Å². The van der Waals surface area contributed by atoms with E-state index < -0.39 is 0 Å². The number of aryl methyl sites for hydroxylation is 3. The zero-order valence-electron chi connectivity index (χ0n) is 15.1. The van der Waals surface area contributed by atoms with E-state index in [4.69, 9.17) is 0 Å². The number of benzene rings is 1. The van der Waals surface area contributed by atoms with Crippen LogP contribution in [-0.2, 0) is 0 Å². The Morgan fingerprint density at radius 2 is 1.83 bits per heavy atom. The molecule has 5 heteroatoms. The van der Waals surface area contributed by atoms with Crippen LogP contribution in [0.1, 0.15) is 47.7 Å². The van der Waals surface area contributed by atoms with Crippen LogP contribution in [0.5, 0.6) is 0 Å². The van der Waals surface area contributed by atoms with Crippen LogP contribution in [0, 0.1) is 26.7 Å². The van der Waals surface area contributed by atoms with Gasteiger partial charge in [0.15, 0.2) is 0 Å². The van der Waals surface area contributed by atoms with Crippen molar-refractivity contribution in [1.82, 2.24) is 9.97 Å². The number of carbonyl (C=O) groups excluding carboxylic acids is 1. The number of carbonyl (C=O) groups is 1. The van der Waals surface area contributed by atoms with E-state index in [-0.39, 0.29) is 5.91 Å². The maximum absolute atomic E-state index is 12.5. The summed E-state index contributed by atoms with van der Waals surface area (Å²) in [6, 6.07) is 7.55. The van der Waals surface area contributed by atoms with Crippen LogP contribution in [0.3, 0.4) is 0 Å². The Bertz CT molecular complexity index is 725. The minimum atomic E-state index is -0.226. The third-order valence-corrected chi connectivity index (χ3v) is 3.86. The van der Waals surface area contributed by atoms with Crippen molar-refractivity contribution in [2.45, 2.75) is 41.0 Å². The highest BCUT2D eigenvalue weighted by Gasteiger charge is 2.11. The van der Waals surface area contributed by atoms with E-state index >= 15 is 0 Å². The highest BCUT2D eigenvalue weighted by Crippen LogP contribution is 2.16. The van der Waals surface area contributed by atoms with E-state index in [2.05, 4.69) is 34.4 Å². The third kappa shape index (κ3) is 5.05.